The minimum absolute atomic E-state index is 0.0842. The Morgan fingerprint density at radius 2 is 1.50 bits per heavy atom. The maximum atomic E-state index is 12.6. The van der Waals surface area contributed by atoms with Gasteiger partial charge in [0, 0.05) is 18.9 Å². The van der Waals surface area contributed by atoms with Crippen molar-refractivity contribution in [1.29, 1.82) is 0 Å². The molecule has 2 aromatic rings. The third-order valence-corrected chi connectivity index (χ3v) is 5.87. The molecule has 6 nitrogen and oxygen atoms in total. The van der Waals surface area contributed by atoms with Gasteiger partial charge in [-0.2, -0.15) is 0 Å². The summed E-state index contributed by atoms with van der Waals surface area (Å²) in [6.07, 6.45) is 1.20. The third-order valence-electron chi connectivity index (χ3n) is 4.32. The van der Waals surface area contributed by atoms with E-state index < -0.39 is 10.0 Å². The zero-order valence-electron chi connectivity index (χ0n) is 14.4. The van der Waals surface area contributed by atoms with Crippen LogP contribution in [0, 0.1) is 0 Å². The summed E-state index contributed by atoms with van der Waals surface area (Å²) in [6, 6.07) is 14.7. The van der Waals surface area contributed by atoms with E-state index in [-0.39, 0.29) is 22.8 Å². The van der Waals surface area contributed by atoms with Crippen molar-refractivity contribution in [3.8, 4) is 0 Å². The molecule has 0 saturated carbocycles. The minimum Gasteiger partial charge on any atom is -0.274 e. The van der Waals surface area contributed by atoms with E-state index in [9.17, 15) is 18.0 Å². The van der Waals surface area contributed by atoms with Crippen molar-refractivity contribution >= 4 is 27.5 Å². The van der Waals surface area contributed by atoms with Crippen molar-refractivity contribution in [3.63, 3.8) is 0 Å². The zero-order valence-corrected chi connectivity index (χ0v) is 15.2. The lowest BCUT2D eigenvalue weighted by Crippen LogP contribution is -2.40. The Kier molecular flexibility index (Phi) is 5.20. The number of rotatable bonds is 5. The molecule has 136 valence electrons. The van der Waals surface area contributed by atoms with Crippen LogP contribution < -0.4 is 9.62 Å². The minimum atomic E-state index is -3.72. The second kappa shape index (κ2) is 7.39. The lowest BCUT2D eigenvalue weighted by molar-refractivity contribution is -0.129. The quantitative estimate of drug-likeness (QED) is 0.818. The summed E-state index contributed by atoms with van der Waals surface area (Å²) in [7, 11) is -3.72. The molecule has 2 aromatic carbocycles. The lowest BCUT2D eigenvalue weighted by atomic mass is 10.1. The van der Waals surface area contributed by atoms with Gasteiger partial charge in [0.1, 0.15) is 0 Å². The molecule has 1 heterocycles. The average Bonchev–Trinajstić information content (AvgIpc) is 2.62. The number of imide groups is 1. The molecule has 0 radical (unpaired) electrons. The molecule has 7 heteroatoms. The number of benzene rings is 2. The number of nitrogens with zero attached hydrogens (tertiary/aromatic N) is 1. The maximum absolute atomic E-state index is 12.6. The zero-order chi connectivity index (χ0) is 18.7. The molecule has 26 heavy (non-hydrogen) atoms. The van der Waals surface area contributed by atoms with Crippen LogP contribution in [-0.4, -0.2) is 20.2 Å². The van der Waals surface area contributed by atoms with Gasteiger partial charge in [-0.15, -0.1) is 0 Å². The van der Waals surface area contributed by atoms with Gasteiger partial charge in [-0.1, -0.05) is 30.3 Å². The lowest BCUT2D eigenvalue weighted by Gasteiger charge is -2.25. The smallest absolute Gasteiger partial charge is 0.241 e. The van der Waals surface area contributed by atoms with Crippen molar-refractivity contribution < 1.29 is 18.0 Å². The first-order valence-electron chi connectivity index (χ1n) is 8.41. The molecule has 0 aromatic heterocycles. The molecule has 1 unspecified atom stereocenters. The van der Waals surface area contributed by atoms with Crippen molar-refractivity contribution in [3.05, 3.63) is 60.2 Å². The number of anilines is 1. The van der Waals surface area contributed by atoms with Crippen LogP contribution in [0.3, 0.4) is 0 Å². The molecule has 1 aliphatic heterocycles. The first kappa shape index (κ1) is 18.3. The number of carbonyl (C=O) groups is 2. The van der Waals surface area contributed by atoms with Gasteiger partial charge in [-0.05, 0) is 43.2 Å². The Labute approximate surface area is 152 Å². The standard InChI is InChI=1S/C19H20N2O4S/c1-14(15-6-3-2-4-7-15)20-26(24,25)17-12-10-16(11-13-17)21-18(22)8-5-9-19(21)23/h2-4,6-7,10-14,20H,5,8-9H2,1H3. The SMILES string of the molecule is CC(NS(=O)(=O)c1ccc(N2C(=O)CCCC2=O)cc1)c1ccccc1. The van der Waals surface area contributed by atoms with Crippen LogP contribution in [0.1, 0.15) is 37.8 Å². The number of piperidine rings is 1. The molecule has 1 saturated heterocycles. The number of hydrogen-bond acceptors (Lipinski definition) is 4. The predicted molar refractivity (Wildman–Crippen MR) is 98.0 cm³/mol. The van der Waals surface area contributed by atoms with Gasteiger partial charge in [-0.25, -0.2) is 13.1 Å². The predicted octanol–water partition coefficient (Wildman–Crippen LogP) is 2.77. The molecule has 1 atom stereocenters. The molecule has 1 fully saturated rings. The van der Waals surface area contributed by atoms with Crippen LogP contribution in [0.15, 0.2) is 59.5 Å². The first-order chi connectivity index (χ1) is 12.4. The Balaban J connectivity index is 1.79. The van der Waals surface area contributed by atoms with Gasteiger partial charge in [0.2, 0.25) is 21.8 Å². The topological polar surface area (TPSA) is 83.6 Å². The summed E-state index contributed by atoms with van der Waals surface area (Å²) in [5.74, 6) is -0.514. The highest BCUT2D eigenvalue weighted by Gasteiger charge is 2.27. The molecule has 0 aliphatic carbocycles. The average molecular weight is 372 g/mol. The molecule has 1 N–H and O–H groups in total. The largest absolute Gasteiger partial charge is 0.274 e. The Hall–Kier alpha value is -2.51. The van der Waals surface area contributed by atoms with Crippen molar-refractivity contribution in [1.82, 2.24) is 4.72 Å². The Morgan fingerprint density at radius 1 is 0.923 bits per heavy atom. The normalized spacial score (nSPS) is 16.6. The van der Waals surface area contributed by atoms with Crippen molar-refractivity contribution in [2.24, 2.45) is 0 Å². The highest BCUT2D eigenvalue weighted by molar-refractivity contribution is 7.89. The van der Waals surface area contributed by atoms with Crippen molar-refractivity contribution in [2.75, 3.05) is 4.90 Å². The second-order valence-electron chi connectivity index (χ2n) is 6.22. The molecule has 0 spiro atoms. The van der Waals surface area contributed by atoms with E-state index in [1.54, 1.807) is 6.92 Å². The van der Waals surface area contributed by atoms with Gasteiger partial charge in [0.05, 0.1) is 10.6 Å². The summed E-state index contributed by atoms with van der Waals surface area (Å²) in [6.45, 7) is 1.77. The van der Waals surface area contributed by atoms with E-state index in [0.717, 1.165) is 10.5 Å². The van der Waals surface area contributed by atoms with E-state index >= 15 is 0 Å². The van der Waals surface area contributed by atoms with Gasteiger partial charge in [-0.3, -0.25) is 14.5 Å². The number of carbonyl (C=O) groups excluding carboxylic acids is 2. The van der Waals surface area contributed by atoms with Gasteiger partial charge < -0.3 is 0 Å². The summed E-state index contributed by atoms with van der Waals surface area (Å²) in [5.41, 5.74) is 1.26. The fourth-order valence-electron chi connectivity index (χ4n) is 2.93. The number of hydrogen-bond donors (Lipinski definition) is 1. The van der Waals surface area contributed by atoms with Crippen LogP contribution >= 0.6 is 0 Å². The van der Waals surface area contributed by atoms with Gasteiger partial charge in [0.25, 0.3) is 0 Å². The Bertz CT molecular complexity index is 892. The van der Waals surface area contributed by atoms with Gasteiger partial charge >= 0.3 is 0 Å². The third kappa shape index (κ3) is 3.84. The number of nitrogens with one attached hydrogen (secondary N) is 1. The molecule has 3 rings (SSSR count). The fourth-order valence-corrected chi connectivity index (χ4v) is 4.16. The highest BCUT2D eigenvalue weighted by atomic mass is 32.2. The van der Waals surface area contributed by atoms with Crippen LogP contribution in [0.2, 0.25) is 0 Å². The monoisotopic (exact) mass is 372 g/mol. The molecular formula is C19H20N2O4S. The van der Waals surface area contributed by atoms with Crippen LogP contribution in [-0.2, 0) is 19.6 Å². The van der Waals surface area contributed by atoms with Crippen LogP contribution in [0.5, 0.6) is 0 Å². The summed E-state index contributed by atoms with van der Waals surface area (Å²) < 4.78 is 27.8. The van der Waals surface area contributed by atoms with E-state index in [4.69, 9.17) is 0 Å². The van der Waals surface area contributed by atoms with E-state index in [2.05, 4.69) is 4.72 Å². The molecule has 0 bridgehead atoms. The first-order valence-corrected chi connectivity index (χ1v) is 9.90. The van der Waals surface area contributed by atoms with Crippen molar-refractivity contribution in [2.45, 2.75) is 37.1 Å². The summed E-state index contributed by atoms with van der Waals surface area (Å²) in [4.78, 5) is 25.1. The van der Waals surface area contributed by atoms with E-state index in [1.807, 2.05) is 30.3 Å². The van der Waals surface area contributed by atoms with Crippen LogP contribution in [0.4, 0.5) is 5.69 Å². The summed E-state index contributed by atoms with van der Waals surface area (Å²) in [5, 5.41) is 0. The van der Waals surface area contributed by atoms with E-state index in [1.165, 1.54) is 24.3 Å². The second-order valence-corrected chi connectivity index (χ2v) is 7.94. The highest BCUT2D eigenvalue weighted by Crippen LogP contribution is 2.24. The fraction of sp³-hybridized carbons (Fsp3) is 0.263. The van der Waals surface area contributed by atoms with Crippen LogP contribution in [0.25, 0.3) is 0 Å². The Morgan fingerprint density at radius 3 is 2.08 bits per heavy atom. The number of sulfonamides is 1. The number of amides is 2. The van der Waals surface area contributed by atoms with E-state index in [0.29, 0.717) is 24.9 Å². The van der Waals surface area contributed by atoms with Gasteiger partial charge in [0.15, 0.2) is 0 Å². The summed E-state index contributed by atoms with van der Waals surface area (Å²) >= 11 is 0. The maximum Gasteiger partial charge on any atom is 0.241 e. The molecule has 1 aliphatic rings. The molecular weight excluding hydrogens is 352 g/mol. The molecule has 2 amide bonds.